The highest BCUT2D eigenvalue weighted by Crippen LogP contribution is 2.32. The molecule has 1 atom stereocenters. The number of hydrogen-bond acceptors (Lipinski definition) is 2. The van der Waals surface area contributed by atoms with E-state index in [1.807, 2.05) is 0 Å². The van der Waals surface area contributed by atoms with E-state index in [1.165, 1.54) is 0 Å². The maximum atomic E-state index is 11.9. The van der Waals surface area contributed by atoms with Crippen molar-refractivity contribution in [2.45, 2.75) is 26.4 Å². The maximum absolute atomic E-state index is 11.9. The number of nitrogens with zero attached hydrogens (tertiary/aromatic N) is 1. The van der Waals surface area contributed by atoms with Crippen molar-refractivity contribution in [3.8, 4) is 0 Å². The Morgan fingerprint density at radius 1 is 1.58 bits per heavy atom. The number of aliphatic hydroxyl groups is 1. The van der Waals surface area contributed by atoms with Crippen molar-refractivity contribution in [1.82, 2.24) is 4.90 Å². The van der Waals surface area contributed by atoms with Gasteiger partial charge in [-0.2, -0.15) is 0 Å². The fraction of sp³-hybridized carbons (Fsp3) is 1.00. The Hall–Kier alpha value is -0.150. The van der Waals surface area contributed by atoms with Gasteiger partial charge in [-0.15, -0.1) is 0 Å². The average molecular weight is 175 g/mol. The lowest BCUT2D eigenvalue weighted by Crippen LogP contribution is -2.56. The van der Waals surface area contributed by atoms with E-state index in [9.17, 15) is 4.39 Å². The molecular weight excluding hydrogens is 157 g/mol. The molecule has 1 fully saturated rings. The summed E-state index contributed by atoms with van der Waals surface area (Å²) in [5.74, 6) is 0. The molecule has 3 heteroatoms. The van der Waals surface area contributed by atoms with Gasteiger partial charge in [-0.3, -0.25) is 4.90 Å². The van der Waals surface area contributed by atoms with Gasteiger partial charge >= 0.3 is 0 Å². The molecule has 0 amide bonds. The van der Waals surface area contributed by atoms with Crippen molar-refractivity contribution in [3.05, 3.63) is 0 Å². The van der Waals surface area contributed by atoms with Crippen LogP contribution in [0.2, 0.25) is 0 Å². The zero-order valence-corrected chi connectivity index (χ0v) is 7.89. The van der Waals surface area contributed by atoms with Gasteiger partial charge in [-0.05, 0) is 11.8 Å². The molecule has 1 N–H and O–H groups in total. The van der Waals surface area contributed by atoms with Gasteiger partial charge in [-0.1, -0.05) is 13.8 Å². The SMILES string of the molecule is CCC1(C)CN(CC(O)CF)C1. The van der Waals surface area contributed by atoms with E-state index >= 15 is 0 Å². The van der Waals surface area contributed by atoms with Crippen LogP contribution < -0.4 is 0 Å². The van der Waals surface area contributed by atoms with Crippen molar-refractivity contribution in [1.29, 1.82) is 0 Å². The molecule has 12 heavy (non-hydrogen) atoms. The first kappa shape index (κ1) is 9.93. The van der Waals surface area contributed by atoms with Crippen LogP contribution in [0.15, 0.2) is 0 Å². The summed E-state index contributed by atoms with van der Waals surface area (Å²) in [6.07, 6.45) is 0.376. The Bertz CT molecular complexity index is 143. The summed E-state index contributed by atoms with van der Waals surface area (Å²) in [6, 6.07) is 0. The predicted molar refractivity (Wildman–Crippen MR) is 46.8 cm³/mol. The summed E-state index contributed by atoms with van der Waals surface area (Å²) in [5, 5.41) is 9.02. The van der Waals surface area contributed by atoms with E-state index in [2.05, 4.69) is 18.7 Å². The third-order valence-corrected chi connectivity index (χ3v) is 2.71. The van der Waals surface area contributed by atoms with Crippen LogP contribution in [-0.2, 0) is 0 Å². The third-order valence-electron chi connectivity index (χ3n) is 2.71. The van der Waals surface area contributed by atoms with Gasteiger partial charge in [0.15, 0.2) is 0 Å². The molecule has 0 spiro atoms. The summed E-state index contributed by atoms with van der Waals surface area (Å²) < 4.78 is 11.9. The first-order chi connectivity index (χ1) is 5.59. The van der Waals surface area contributed by atoms with Crippen LogP contribution in [-0.4, -0.2) is 42.4 Å². The Morgan fingerprint density at radius 2 is 2.17 bits per heavy atom. The summed E-state index contributed by atoms with van der Waals surface area (Å²) in [5.41, 5.74) is 0.413. The average Bonchev–Trinajstić information content (AvgIpc) is 2.01. The Balaban J connectivity index is 2.17. The van der Waals surface area contributed by atoms with Gasteiger partial charge in [0.05, 0.1) is 6.10 Å². The normalized spacial score (nSPS) is 25.0. The molecule has 0 aliphatic carbocycles. The Labute approximate surface area is 73.4 Å². The topological polar surface area (TPSA) is 23.5 Å². The fourth-order valence-electron chi connectivity index (χ4n) is 1.73. The highest BCUT2D eigenvalue weighted by atomic mass is 19.1. The largest absolute Gasteiger partial charge is 0.389 e. The lowest BCUT2D eigenvalue weighted by molar-refractivity contribution is -0.0228. The molecule has 0 aromatic heterocycles. The highest BCUT2D eigenvalue weighted by Gasteiger charge is 2.37. The number of aliphatic hydroxyl groups excluding tert-OH is 1. The minimum absolute atomic E-state index is 0.413. The third kappa shape index (κ3) is 2.17. The monoisotopic (exact) mass is 175 g/mol. The Kier molecular flexibility index (Phi) is 3.07. The maximum Gasteiger partial charge on any atom is 0.117 e. The summed E-state index contributed by atoms with van der Waals surface area (Å²) in [6.45, 7) is 6.26. The number of rotatable bonds is 4. The number of β-amino-alcohol motifs (C(OH)–C–C–N with tert-alkyl or cyclic N) is 1. The minimum atomic E-state index is -0.786. The van der Waals surface area contributed by atoms with Gasteiger partial charge in [0.2, 0.25) is 0 Å². The first-order valence-electron chi connectivity index (χ1n) is 4.56. The molecule has 1 heterocycles. The van der Waals surface area contributed by atoms with E-state index in [1.54, 1.807) is 0 Å². The molecule has 1 saturated heterocycles. The van der Waals surface area contributed by atoms with E-state index in [0.29, 0.717) is 12.0 Å². The van der Waals surface area contributed by atoms with Crippen LogP contribution in [0, 0.1) is 5.41 Å². The fourth-order valence-corrected chi connectivity index (χ4v) is 1.73. The lowest BCUT2D eigenvalue weighted by Gasteiger charge is -2.48. The van der Waals surface area contributed by atoms with Gasteiger partial charge in [-0.25, -0.2) is 4.39 Å². The lowest BCUT2D eigenvalue weighted by atomic mass is 9.79. The van der Waals surface area contributed by atoms with Crippen molar-refractivity contribution >= 4 is 0 Å². The van der Waals surface area contributed by atoms with Crippen LogP contribution in [0.4, 0.5) is 4.39 Å². The molecular formula is C9H18FNO. The van der Waals surface area contributed by atoms with Gasteiger partial charge in [0, 0.05) is 19.6 Å². The van der Waals surface area contributed by atoms with Crippen LogP contribution in [0.5, 0.6) is 0 Å². The molecule has 0 bridgehead atoms. The smallest absolute Gasteiger partial charge is 0.117 e. The van der Waals surface area contributed by atoms with Crippen LogP contribution in [0.25, 0.3) is 0 Å². The quantitative estimate of drug-likeness (QED) is 0.690. The predicted octanol–water partition coefficient (Wildman–Crippen LogP) is 1.05. The summed E-state index contributed by atoms with van der Waals surface area (Å²) in [7, 11) is 0. The van der Waals surface area contributed by atoms with E-state index < -0.39 is 12.8 Å². The molecule has 0 radical (unpaired) electrons. The summed E-state index contributed by atoms with van der Waals surface area (Å²) in [4.78, 5) is 2.10. The van der Waals surface area contributed by atoms with Gasteiger partial charge < -0.3 is 5.11 Å². The van der Waals surface area contributed by atoms with Gasteiger partial charge in [0.1, 0.15) is 6.67 Å². The second kappa shape index (κ2) is 3.71. The second-order valence-electron chi connectivity index (χ2n) is 4.14. The molecule has 0 saturated carbocycles. The molecule has 2 nitrogen and oxygen atoms in total. The van der Waals surface area contributed by atoms with Crippen LogP contribution >= 0.6 is 0 Å². The van der Waals surface area contributed by atoms with Crippen LogP contribution in [0.3, 0.4) is 0 Å². The van der Waals surface area contributed by atoms with E-state index in [-0.39, 0.29) is 0 Å². The molecule has 0 aromatic carbocycles. The second-order valence-corrected chi connectivity index (χ2v) is 4.14. The highest BCUT2D eigenvalue weighted by molar-refractivity contribution is 4.90. The zero-order valence-electron chi connectivity index (χ0n) is 7.89. The first-order valence-corrected chi connectivity index (χ1v) is 4.56. The number of alkyl halides is 1. The minimum Gasteiger partial charge on any atom is -0.389 e. The standard InChI is InChI=1S/C9H18FNO/c1-3-9(2)6-11(7-9)5-8(12)4-10/h8,12H,3-7H2,1-2H3. The zero-order chi connectivity index (χ0) is 9.19. The van der Waals surface area contributed by atoms with Crippen molar-refractivity contribution < 1.29 is 9.50 Å². The molecule has 1 aliphatic rings. The molecule has 72 valence electrons. The molecule has 1 rings (SSSR count). The summed E-state index contributed by atoms with van der Waals surface area (Å²) >= 11 is 0. The molecule has 0 aromatic rings. The van der Waals surface area contributed by atoms with Crippen molar-refractivity contribution in [2.24, 2.45) is 5.41 Å². The number of hydrogen-bond donors (Lipinski definition) is 1. The van der Waals surface area contributed by atoms with Crippen molar-refractivity contribution in [2.75, 3.05) is 26.3 Å². The number of halogens is 1. The van der Waals surface area contributed by atoms with E-state index in [4.69, 9.17) is 5.11 Å². The van der Waals surface area contributed by atoms with Crippen molar-refractivity contribution in [3.63, 3.8) is 0 Å². The molecule has 1 unspecified atom stereocenters. The molecule has 1 aliphatic heterocycles. The van der Waals surface area contributed by atoms with E-state index in [0.717, 1.165) is 19.5 Å². The van der Waals surface area contributed by atoms with Crippen LogP contribution in [0.1, 0.15) is 20.3 Å². The van der Waals surface area contributed by atoms with Gasteiger partial charge in [0.25, 0.3) is 0 Å². The number of likely N-dealkylation sites (tertiary alicyclic amines) is 1. The Morgan fingerprint density at radius 3 is 2.58 bits per heavy atom.